The molecular formula is C9H12N2O2S. The number of hydrogen-bond donors (Lipinski definition) is 0. The highest BCUT2D eigenvalue weighted by Gasteiger charge is 2.20. The van der Waals surface area contributed by atoms with Crippen molar-refractivity contribution in [3.8, 4) is 0 Å². The summed E-state index contributed by atoms with van der Waals surface area (Å²) in [6, 6.07) is 0. The van der Waals surface area contributed by atoms with Crippen molar-refractivity contribution in [1.29, 1.82) is 0 Å². The Labute approximate surface area is 86.7 Å². The van der Waals surface area contributed by atoms with E-state index >= 15 is 0 Å². The van der Waals surface area contributed by atoms with Crippen molar-refractivity contribution >= 4 is 17.4 Å². The monoisotopic (exact) mass is 212 g/mol. The maximum atomic E-state index is 11.9. The highest BCUT2D eigenvalue weighted by atomic mass is 32.1. The molecule has 0 atom stereocenters. The molecule has 1 aliphatic rings. The van der Waals surface area contributed by atoms with Gasteiger partial charge in [0.2, 0.25) is 0 Å². The first-order valence-electron chi connectivity index (χ1n) is 4.57. The van der Waals surface area contributed by atoms with Crippen molar-refractivity contribution in [3.63, 3.8) is 0 Å². The molecule has 0 saturated carbocycles. The molecule has 76 valence electrons. The number of hydrogen-bond acceptors (Lipinski definition) is 4. The van der Waals surface area contributed by atoms with E-state index in [2.05, 4.69) is 4.37 Å². The number of carbonyl (C=O) groups is 1. The Bertz CT molecular complexity index is 331. The van der Waals surface area contributed by atoms with Crippen molar-refractivity contribution in [3.05, 3.63) is 16.6 Å². The summed E-state index contributed by atoms with van der Waals surface area (Å²) >= 11 is 1.33. The fraction of sp³-hybridized carbons (Fsp3) is 0.556. The van der Waals surface area contributed by atoms with Gasteiger partial charge in [-0.05, 0) is 18.5 Å². The second-order valence-corrected chi connectivity index (χ2v) is 3.85. The smallest absolute Gasteiger partial charge is 0.256 e. The minimum absolute atomic E-state index is 0.0829. The van der Waals surface area contributed by atoms with E-state index in [1.807, 2.05) is 17.2 Å². The van der Waals surface area contributed by atoms with Gasteiger partial charge in [0, 0.05) is 18.5 Å². The fourth-order valence-electron chi connectivity index (χ4n) is 1.43. The predicted molar refractivity (Wildman–Crippen MR) is 53.6 cm³/mol. The van der Waals surface area contributed by atoms with Gasteiger partial charge in [-0.15, -0.1) is 0 Å². The number of nitrogens with zero attached hydrogens (tertiary/aromatic N) is 2. The molecule has 5 heteroatoms. The molecule has 14 heavy (non-hydrogen) atoms. The summed E-state index contributed by atoms with van der Waals surface area (Å²) in [4.78, 5) is 13.7. The number of carbonyl (C=O) groups excluding carboxylic acids is 1. The third-order valence-corrected chi connectivity index (χ3v) is 3.00. The molecule has 1 amide bonds. The lowest BCUT2D eigenvalue weighted by Gasteiger charge is -2.26. The van der Waals surface area contributed by atoms with Crippen molar-refractivity contribution in [1.82, 2.24) is 9.27 Å². The van der Waals surface area contributed by atoms with Crippen LogP contribution < -0.4 is 0 Å². The summed E-state index contributed by atoms with van der Waals surface area (Å²) in [6.45, 7) is 4.52. The van der Waals surface area contributed by atoms with Crippen molar-refractivity contribution < 1.29 is 9.53 Å². The molecule has 0 unspecified atom stereocenters. The zero-order valence-corrected chi connectivity index (χ0v) is 8.84. The Kier molecular flexibility index (Phi) is 2.79. The summed E-state index contributed by atoms with van der Waals surface area (Å²) in [6.07, 6.45) is 0. The van der Waals surface area contributed by atoms with Crippen molar-refractivity contribution in [2.24, 2.45) is 0 Å². The maximum absolute atomic E-state index is 11.9. The second-order valence-electron chi connectivity index (χ2n) is 3.22. The Morgan fingerprint density at radius 2 is 2.29 bits per heavy atom. The van der Waals surface area contributed by atoms with Crippen molar-refractivity contribution in [2.75, 3.05) is 26.3 Å². The van der Waals surface area contributed by atoms with Gasteiger partial charge in [-0.3, -0.25) is 4.79 Å². The minimum Gasteiger partial charge on any atom is -0.378 e. The standard InChI is InChI=1S/C9H12N2O2S/c1-7-8(6-14-10-7)9(12)11-2-4-13-5-3-11/h6H,2-5H2,1H3. The molecule has 1 aromatic heterocycles. The van der Waals surface area contributed by atoms with Gasteiger partial charge in [0.05, 0.1) is 24.5 Å². The van der Waals surface area contributed by atoms with Gasteiger partial charge in [-0.2, -0.15) is 4.37 Å². The van der Waals surface area contributed by atoms with Crippen LogP contribution >= 0.6 is 11.5 Å². The molecule has 2 heterocycles. The Morgan fingerprint density at radius 1 is 1.57 bits per heavy atom. The summed E-state index contributed by atoms with van der Waals surface area (Å²) < 4.78 is 9.29. The topological polar surface area (TPSA) is 42.4 Å². The summed E-state index contributed by atoms with van der Waals surface area (Å²) in [7, 11) is 0. The quantitative estimate of drug-likeness (QED) is 0.695. The minimum atomic E-state index is 0.0829. The predicted octanol–water partition coefficient (Wildman–Crippen LogP) is 0.924. The summed E-state index contributed by atoms with van der Waals surface area (Å²) in [5, 5.41) is 1.81. The third-order valence-electron chi connectivity index (χ3n) is 2.28. The average molecular weight is 212 g/mol. The molecular weight excluding hydrogens is 200 g/mol. The summed E-state index contributed by atoms with van der Waals surface area (Å²) in [5.74, 6) is 0.0829. The molecule has 0 radical (unpaired) electrons. The first kappa shape index (κ1) is 9.61. The van der Waals surface area contributed by atoms with Crippen LogP contribution in [0.15, 0.2) is 5.38 Å². The lowest BCUT2D eigenvalue weighted by molar-refractivity contribution is 0.0302. The van der Waals surface area contributed by atoms with Gasteiger partial charge in [0.15, 0.2) is 0 Å². The van der Waals surface area contributed by atoms with E-state index in [1.165, 1.54) is 11.5 Å². The van der Waals surface area contributed by atoms with Gasteiger partial charge in [0.1, 0.15) is 0 Å². The zero-order valence-electron chi connectivity index (χ0n) is 8.02. The first-order valence-corrected chi connectivity index (χ1v) is 5.40. The van der Waals surface area contributed by atoms with Gasteiger partial charge >= 0.3 is 0 Å². The molecule has 4 nitrogen and oxygen atoms in total. The lowest BCUT2D eigenvalue weighted by Crippen LogP contribution is -2.40. The van der Waals surface area contributed by atoms with Gasteiger partial charge in [-0.1, -0.05) is 0 Å². The Morgan fingerprint density at radius 3 is 2.86 bits per heavy atom. The third kappa shape index (κ3) is 1.78. The van der Waals surface area contributed by atoms with E-state index in [1.54, 1.807) is 0 Å². The molecule has 0 spiro atoms. The van der Waals surface area contributed by atoms with E-state index in [-0.39, 0.29) is 5.91 Å². The molecule has 1 aliphatic heterocycles. The summed E-state index contributed by atoms with van der Waals surface area (Å²) in [5.41, 5.74) is 1.56. The second kappa shape index (κ2) is 4.06. The van der Waals surface area contributed by atoms with Crippen LogP contribution in [0.1, 0.15) is 16.1 Å². The molecule has 0 aromatic carbocycles. The van der Waals surface area contributed by atoms with Crippen LogP contribution in [-0.4, -0.2) is 41.5 Å². The van der Waals surface area contributed by atoms with E-state index < -0.39 is 0 Å². The normalized spacial score (nSPS) is 17.1. The molecule has 0 aliphatic carbocycles. The maximum Gasteiger partial charge on any atom is 0.256 e. The van der Waals surface area contributed by atoms with E-state index in [4.69, 9.17) is 4.74 Å². The van der Waals surface area contributed by atoms with Crippen LogP contribution in [0.25, 0.3) is 0 Å². The molecule has 0 N–H and O–H groups in total. The fourth-order valence-corrected chi connectivity index (χ4v) is 2.12. The first-order chi connectivity index (χ1) is 6.79. The van der Waals surface area contributed by atoms with Crippen LogP contribution in [0.2, 0.25) is 0 Å². The van der Waals surface area contributed by atoms with Crippen LogP contribution in [-0.2, 0) is 4.74 Å². The van der Waals surface area contributed by atoms with Crippen LogP contribution in [0.3, 0.4) is 0 Å². The number of amides is 1. The number of ether oxygens (including phenoxy) is 1. The molecule has 1 saturated heterocycles. The highest BCUT2D eigenvalue weighted by Crippen LogP contribution is 2.13. The average Bonchev–Trinajstić information content (AvgIpc) is 2.65. The number of aryl methyl sites for hydroxylation is 1. The molecule has 2 rings (SSSR count). The van der Waals surface area contributed by atoms with Gasteiger partial charge in [-0.25, -0.2) is 0 Å². The highest BCUT2D eigenvalue weighted by molar-refractivity contribution is 7.03. The zero-order chi connectivity index (χ0) is 9.97. The molecule has 1 fully saturated rings. The molecule has 0 bridgehead atoms. The van der Waals surface area contributed by atoms with Crippen LogP contribution in [0.5, 0.6) is 0 Å². The number of morpholine rings is 1. The molecule has 1 aromatic rings. The Balaban J connectivity index is 2.11. The van der Waals surface area contributed by atoms with Crippen LogP contribution in [0.4, 0.5) is 0 Å². The number of aromatic nitrogens is 1. The largest absolute Gasteiger partial charge is 0.378 e. The lowest BCUT2D eigenvalue weighted by atomic mass is 10.2. The van der Waals surface area contributed by atoms with E-state index in [0.717, 1.165) is 11.3 Å². The van der Waals surface area contributed by atoms with Crippen LogP contribution in [0, 0.1) is 6.92 Å². The van der Waals surface area contributed by atoms with E-state index in [0.29, 0.717) is 26.3 Å². The van der Waals surface area contributed by atoms with E-state index in [9.17, 15) is 4.79 Å². The number of rotatable bonds is 1. The van der Waals surface area contributed by atoms with Crippen molar-refractivity contribution in [2.45, 2.75) is 6.92 Å². The SMILES string of the molecule is Cc1nscc1C(=O)N1CCOCC1. The van der Waals surface area contributed by atoms with Gasteiger partial charge < -0.3 is 9.64 Å². The van der Waals surface area contributed by atoms with Gasteiger partial charge in [0.25, 0.3) is 5.91 Å². The Hall–Kier alpha value is -0.940.